The number of nitrogens with zero attached hydrogens (tertiary/aromatic N) is 2. The third-order valence-corrected chi connectivity index (χ3v) is 5.39. The first-order chi connectivity index (χ1) is 12.3. The smallest absolute Gasteiger partial charge is 0.222 e. The Morgan fingerprint density at radius 1 is 1.04 bits per heavy atom. The van der Waals surface area contributed by atoms with Crippen molar-refractivity contribution in [3.63, 3.8) is 0 Å². The number of benzene rings is 1. The lowest BCUT2D eigenvalue weighted by atomic mass is 10.0. The topological polar surface area (TPSA) is 25.4 Å². The average Bonchev–Trinajstić information content (AvgIpc) is 3.39. The lowest BCUT2D eigenvalue weighted by molar-refractivity contribution is 0.319. The summed E-state index contributed by atoms with van der Waals surface area (Å²) in [6.45, 7) is 11.7. The number of aryl methyl sites for hydroxylation is 5. The predicted octanol–water partition coefficient (Wildman–Crippen LogP) is 5.44. The van der Waals surface area contributed by atoms with Gasteiger partial charge in [0.1, 0.15) is 5.75 Å². The summed E-state index contributed by atoms with van der Waals surface area (Å²) in [4.78, 5) is 7.18. The van der Waals surface area contributed by atoms with Gasteiger partial charge in [0, 0.05) is 17.3 Å². The number of hydrogen-bond acceptors (Lipinski definition) is 3. The van der Waals surface area contributed by atoms with Crippen molar-refractivity contribution in [1.82, 2.24) is 9.88 Å². The van der Waals surface area contributed by atoms with Crippen molar-refractivity contribution in [2.75, 3.05) is 13.6 Å². The second-order valence-corrected chi connectivity index (χ2v) is 8.00. The van der Waals surface area contributed by atoms with Crippen molar-refractivity contribution in [2.24, 2.45) is 0 Å². The molecule has 1 heterocycles. The summed E-state index contributed by atoms with van der Waals surface area (Å²) in [5, 5.41) is 0. The molecule has 140 valence electrons. The van der Waals surface area contributed by atoms with Crippen LogP contribution in [0.4, 0.5) is 0 Å². The Labute approximate surface area is 158 Å². The van der Waals surface area contributed by atoms with E-state index < -0.39 is 0 Å². The maximum absolute atomic E-state index is 6.30. The van der Waals surface area contributed by atoms with Gasteiger partial charge in [-0.25, -0.2) is 4.98 Å². The van der Waals surface area contributed by atoms with Crippen molar-refractivity contribution >= 4 is 0 Å². The summed E-state index contributed by atoms with van der Waals surface area (Å²) in [6.07, 6.45) is 5.00. The monoisotopic (exact) mass is 352 g/mol. The quantitative estimate of drug-likeness (QED) is 0.663. The van der Waals surface area contributed by atoms with E-state index in [4.69, 9.17) is 4.74 Å². The van der Waals surface area contributed by atoms with Crippen LogP contribution < -0.4 is 4.74 Å². The van der Waals surface area contributed by atoms with Gasteiger partial charge >= 0.3 is 0 Å². The summed E-state index contributed by atoms with van der Waals surface area (Å²) in [5.74, 6) is 1.70. The van der Waals surface area contributed by atoms with Crippen LogP contribution in [0.5, 0.6) is 11.6 Å². The van der Waals surface area contributed by atoms with Crippen LogP contribution in [0.15, 0.2) is 18.2 Å². The van der Waals surface area contributed by atoms with Crippen LogP contribution in [-0.2, 0) is 6.42 Å². The van der Waals surface area contributed by atoms with Crippen molar-refractivity contribution in [2.45, 2.75) is 66.3 Å². The third-order valence-electron chi connectivity index (χ3n) is 5.39. The molecule has 1 aliphatic carbocycles. The molecule has 1 aromatic heterocycles. The molecular formula is C23H32N2O. The van der Waals surface area contributed by atoms with Crippen LogP contribution in [0.25, 0.3) is 0 Å². The number of aromatic nitrogens is 1. The van der Waals surface area contributed by atoms with Crippen LogP contribution >= 0.6 is 0 Å². The summed E-state index contributed by atoms with van der Waals surface area (Å²) in [7, 11) is 2.25. The van der Waals surface area contributed by atoms with E-state index in [2.05, 4.69) is 69.7 Å². The summed E-state index contributed by atoms with van der Waals surface area (Å²) >= 11 is 0. The lowest BCUT2D eigenvalue weighted by Gasteiger charge is -2.18. The molecule has 3 rings (SSSR count). The minimum atomic E-state index is 0.755. The molecule has 0 bridgehead atoms. The highest BCUT2D eigenvalue weighted by Gasteiger charge is 2.25. The molecule has 1 aliphatic rings. The Kier molecular flexibility index (Phi) is 5.67. The van der Waals surface area contributed by atoms with Crippen LogP contribution in [0, 0.1) is 34.6 Å². The molecule has 0 unspecified atom stereocenters. The minimum Gasteiger partial charge on any atom is -0.438 e. The number of pyridine rings is 1. The largest absolute Gasteiger partial charge is 0.438 e. The zero-order valence-corrected chi connectivity index (χ0v) is 17.1. The van der Waals surface area contributed by atoms with Crippen LogP contribution in [0.2, 0.25) is 0 Å². The summed E-state index contributed by atoms with van der Waals surface area (Å²) in [5.41, 5.74) is 7.15. The van der Waals surface area contributed by atoms with E-state index in [1.807, 2.05) is 0 Å². The molecule has 3 nitrogen and oxygen atoms in total. The van der Waals surface area contributed by atoms with Gasteiger partial charge in [-0.05, 0) is 96.7 Å². The molecule has 1 fully saturated rings. The summed E-state index contributed by atoms with van der Waals surface area (Å²) in [6, 6.07) is 7.39. The number of ether oxygens (including phenoxy) is 1. The third kappa shape index (κ3) is 4.45. The van der Waals surface area contributed by atoms with Gasteiger partial charge in [-0.15, -0.1) is 0 Å². The maximum Gasteiger partial charge on any atom is 0.222 e. The molecule has 2 aromatic rings. The SMILES string of the molecule is Cc1cc(C)c(Oc2nc(C)cc(CCCN(C)C3CC3)c2C)c(C)c1. The van der Waals surface area contributed by atoms with E-state index >= 15 is 0 Å². The molecule has 1 saturated carbocycles. The van der Waals surface area contributed by atoms with Gasteiger partial charge in [-0.3, -0.25) is 0 Å². The van der Waals surface area contributed by atoms with Gasteiger partial charge in [0.15, 0.2) is 0 Å². The molecule has 0 radical (unpaired) electrons. The number of rotatable bonds is 7. The maximum atomic E-state index is 6.30. The number of hydrogen-bond donors (Lipinski definition) is 0. The first-order valence-electron chi connectivity index (χ1n) is 9.78. The molecule has 0 amide bonds. The Bertz CT molecular complexity index is 770. The minimum absolute atomic E-state index is 0.755. The highest BCUT2D eigenvalue weighted by atomic mass is 16.5. The zero-order chi connectivity index (χ0) is 18.8. The van der Waals surface area contributed by atoms with E-state index in [0.717, 1.165) is 47.5 Å². The van der Waals surface area contributed by atoms with E-state index in [-0.39, 0.29) is 0 Å². The molecule has 0 saturated heterocycles. The fourth-order valence-electron chi connectivity index (χ4n) is 3.77. The second-order valence-electron chi connectivity index (χ2n) is 8.00. The van der Waals surface area contributed by atoms with E-state index in [9.17, 15) is 0 Å². The standard InChI is InChI=1S/C23H32N2O/c1-15-12-16(2)22(17(3)13-15)26-23-19(5)20(14-18(4)24-23)8-7-11-25(6)21-9-10-21/h12-14,21H,7-11H2,1-6H3. The van der Waals surface area contributed by atoms with Crippen LogP contribution in [-0.4, -0.2) is 29.5 Å². The van der Waals surface area contributed by atoms with Gasteiger partial charge in [0.05, 0.1) is 0 Å². The molecule has 26 heavy (non-hydrogen) atoms. The first-order valence-corrected chi connectivity index (χ1v) is 9.78. The Hall–Kier alpha value is -1.87. The van der Waals surface area contributed by atoms with Gasteiger partial charge in [0.2, 0.25) is 5.88 Å². The zero-order valence-electron chi connectivity index (χ0n) is 17.1. The van der Waals surface area contributed by atoms with Gasteiger partial charge in [0.25, 0.3) is 0 Å². The fraction of sp³-hybridized carbons (Fsp3) is 0.522. The molecule has 0 atom stereocenters. The van der Waals surface area contributed by atoms with E-state index in [1.54, 1.807) is 0 Å². The molecule has 3 heteroatoms. The second kappa shape index (κ2) is 7.79. The van der Waals surface area contributed by atoms with Crippen molar-refractivity contribution < 1.29 is 4.74 Å². The lowest BCUT2D eigenvalue weighted by Crippen LogP contribution is -2.22. The van der Waals surface area contributed by atoms with Crippen molar-refractivity contribution in [1.29, 1.82) is 0 Å². The summed E-state index contributed by atoms with van der Waals surface area (Å²) < 4.78 is 6.30. The molecule has 0 N–H and O–H groups in total. The first kappa shape index (κ1) is 18.9. The van der Waals surface area contributed by atoms with Gasteiger partial charge in [-0.2, -0.15) is 0 Å². The molecular weight excluding hydrogens is 320 g/mol. The Morgan fingerprint density at radius 2 is 1.69 bits per heavy atom. The molecule has 1 aromatic carbocycles. The molecule has 0 spiro atoms. The highest BCUT2D eigenvalue weighted by molar-refractivity contribution is 5.46. The Morgan fingerprint density at radius 3 is 2.31 bits per heavy atom. The average molecular weight is 353 g/mol. The fourth-order valence-corrected chi connectivity index (χ4v) is 3.77. The Balaban J connectivity index is 1.76. The predicted molar refractivity (Wildman–Crippen MR) is 108 cm³/mol. The van der Waals surface area contributed by atoms with Crippen LogP contribution in [0.3, 0.4) is 0 Å². The normalized spacial score (nSPS) is 14.1. The van der Waals surface area contributed by atoms with Crippen molar-refractivity contribution in [3.05, 3.63) is 51.7 Å². The highest BCUT2D eigenvalue weighted by Crippen LogP contribution is 2.32. The van der Waals surface area contributed by atoms with Crippen molar-refractivity contribution in [3.8, 4) is 11.6 Å². The van der Waals surface area contributed by atoms with E-state index in [1.165, 1.54) is 36.0 Å². The van der Waals surface area contributed by atoms with Crippen LogP contribution in [0.1, 0.15) is 52.8 Å². The van der Waals surface area contributed by atoms with Gasteiger partial charge in [-0.1, -0.05) is 17.7 Å². The molecule has 0 aliphatic heterocycles. The van der Waals surface area contributed by atoms with E-state index in [0.29, 0.717) is 0 Å². The van der Waals surface area contributed by atoms with Gasteiger partial charge < -0.3 is 9.64 Å².